The molecule has 0 N–H and O–H groups in total. The highest BCUT2D eigenvalue weighted by atomic mass is 79.9. The molecule has 0 spiro atoms. The SMILES string of the molecule is Cn1ncc(Br)c1-c1cn(-c2ccccc2)nc1Cl. The maximum atomic E-state index is 6.24. The number of rotatable bonds is 2. The summed E-state index contributed by atoms with van der Waals surface area (Å²) >= 11 is 9.71. The van der Waals surface area contributed by atoms with E-state index in [4.69, 9.17) is 11.6 Å². The molecule has 0 aliphatic rings. The molecule has 0 atom stereocenters. The normalized spacial score (nSPS) is 10.9. The van der Waals surface area contributed by atoms with E-state index in [1.54, 1.807) is 15.6 Å². The number of nitrogens with zero attached hydrogens (tertiary/aromatic N) is 4. The van der Waals surface area contributed by atoms with Crippen LogP contribution in [0.15, 0.2) is 47.2 Å². The molecule has 2 aromatic heterocycles. The molecule has 0 unspecified atom stereocenters. The second-order valence-corrected chi connectivity index (χ2v) is 5.29. The summed E-state index contributed by atoms with van der Waals surface area (Å²) in [6, 6.07) is 9.85. The van der Waals surface area contributed by atoms with Crippen LogP contribution in [0, 0.1) is 0 Å². The topological polar surface area (TPSA) is 35.6 Å². The van der Waals surface area contributed by atoms with Crippen LogP contribution in [-0.4, -0.2) is 19.6 Å². The number of para-hydroxylation sites is 1. The van der Waals surface area contributed by atoms with Gasteiger partial charge in [0.1, 0.15) is 0 Å². The monoisotopic (exact) mass is 336 g/mol. The fourth-order valence-electron chi connectivity index (χ4n) is 1.94. The van der Waals surface area contributed by atoms with Crippen molar-refractivity contribution in [2.75, 3.05) is 0 Å². The third kappa shape index (κ3) is 2.19. The summed E-state index contributed by atoms with van der Waals surface area (Å²) in [7, 11) is 1.87. The van der Waals surface area contributed by atoms with Crippen LogP contribution in [0.25, 0.3) is 16.9 Å². The smallest absolute Gasteiger partial charge is 0.160 e. The Labute approximate surface area is 123 Å². The van der Waals surface area contributed by atoms with Crippen molar-refractivity contribution in [3.05, 3.63) is 52.4 Å². The van der Waals surface area contributed by atoms with Gasteiger partial charge >= 0.3 is 0 Å². The minimum atomic E-state index is 0.452. The first kappa shape index (κ1) is 12.4. The first-order chi connectivity index (χ1) is 9.16. The van der Waals surface area contributed by atoms with E-state index < -0.39 is 0 Å². The number of aromatic nitrogens is 4. The van der Waals surface area contributed by atoms with E-state index in [9.17, 15) is 0 Å². The Balaban J connectivity index is 2.13. The Hall–Kier alpha value is -1.59. The quantitative estimate of drug-likeness (QED) is 0.715. The van der Waals surface area contributed by atoms with E-state index in [2.05, 4.69) is 26.1 Å². The summed E-state index contributed by atoms with van der Waals surface area (Å²) < 4.78 is 4.42. The van der Waals surface area contributed by atoms with Gasteiger partial charge in [-0.05, 0) is 28.1 Å². The minimum absolute atomic E-state index is 0.452. The van der Waals surface area contributed by atoms with Gasteiger partial charge in [-0.2, -0.15) is 10.2 Å². The molecule has 0 aliphatic heterocycles. The minimum Gasteiger partial charge on any atom is -0.267 e. The van der Waals surface area contributed by atoms with Gasteiger partial charge < -0.3 is 0 Å². The molecule has 1 aromatic carbocycles. The predicted octanol–water partition coefficient (Wildman–Crippen LogP) is 3.69. The van der Waals surface area contributed by atoms with E-state index in [-0.39, 0.29) is 0 Å². The molecule has 0 amide bonds. The number of halogens is 2. The van der Waals surface area contributed by atoms with Crippen LogP contribution in [0.4, 0.5) is 0 Å². The predicted molar refractivity (Wildman–Crippen MR) is 78.5 cm³/mol. The average Bonchev–Trinajstić information content (AvgIpc) is 2.94. The van der Waals surface area contributed by atoms with Crippen LogP contribution in [0.5, 0.6) is 0 Å². The van der Waals surface area contributed by atoms with Gasteiger partial charge in [0, 0.05) is 13.2 Å². The number of aryl methyl sites for hydroxylation is 1. The first-order valence-electron chi connectivity index (χ1n) is 5.65. The van der Waals surface area contributed by atoms with Gasteiger partial charge in [-0.1, -0.05) is 29.8 Å². The average molecular weight is 338 g/mol. The lowest BCUT2D eigenvalue weighted by atomic mass is 10.2. The molecule has 19 heavy (non-hydrogen) atoms. The highest BCUT2D eigenvalue weighted by molar-refractivity contribution is 9.10. The van der Waals surface area contributed by atoms with Gasteiger partial charge in [0.2, 0.25) is 0 Å². The fraction of sp³-hybridized carbons (Fsp3) is 0.0769. The van der Waals surface area contributed by atoms with Crippen LogP contribution in [-0.2, 0) is 7.05 Å². The standard InChI is InChI=1S/C13H10BrClN4/c1-18-12(11(14)7-16-18)10-8-19(17-13(10)15)9-5-3-2-4-6-9/h2-8H,1H3. The van der Waals surface area contributed by atoms with Crippen LogP contribution < -0.4 is 0 Å². The summed E-state index contributed by atoms with van der Waals surface area (Å²) in [5.41, 5.74) is 2.72. The van der Waals surface area contributed by atoms with Crippen molar-refractivity contribution in [1.29, 1.82) is 0 Å². The number of hydrogen-bond acceptors (Lipinski definition) is 2. The zero-order valence-electron chi connectivity index (χ0n) is 10.1. The maximum Gasteiger partial charge on any atom is 0.160 e. The van der Waals surface area contributed by atoms with Crippen molar-refractivity contribution in [3.8, 4) is 16.9 Å². The van der Waals surface area contributed by atoms with Crippen molar-refractivity contribution in [2.24, 2.45) is 7.05 Å². The summed E-state index contributed by atoms with van der Waals surface area (Å²) in [6.45, 7) is 0. The molecule has 4 nitrogen and oxygen atoms in total. The molecule has 0 saturated heterocycles. The summed E-state index contributed by atoms with van der Waals surface area (Å²) in [4.78, 5) is 0. The Kier molecular flexibility index (Phi) is 3.16. The van der Waals surface area contributed by atoms with E-state index in [1.807, 2.05) is 43.6 Å². The second-order valence-electron chi connectivity index (χ2n) is 4.08. The van der Waals surface area contributed by atoms with Crippen LogP contribution in [0.3, 0.4) is 0 Å². The van der Waals surface area contributed by atoms with E-state index in [0.717, 1.165) is 21.4 Å². The van der Waals surface area contributed by atoms with Gasteiger partial charge in [0.05, 0.1) is 27.6 Å². The number of hydrogen-bond donors (Lipinski definition) is 0. The lowest BCUT2D eigenvalue weighted by molar-refractivity contribution is 0.775. The van der Waals surface area contributed by atoms with Gasteiger partial charge in [-0.3, -0.25) is 4.68 Å². The summed E-state index contributed by atoms with van der Waals surface area (Å²) in [6.07, 6.45) is 3.64. The molecule has 0 aliphatic carbocycles. The van der Waals surface area contributed by atoms with Gasteiger partial charge in [0.15, 0.2) is 5.15 Å². The highest BCUT2D eigenvalue weighted by Gasteiger charge is 2.16. The molecule has 96 valence electrons. The molecule has 0 saturated carbocycles. The Morgan fingerprint density at radius 1 is 1.21 bits per heavy atom. The van der Waals surface area contributed by atoms with Crippen LogP contribution in [0.1, 0.15) is 0 Å². The molecule has 3 rings (SSSR count). The molecule has 6 heteroatoms. The highest BCUT2D eigenvalue weighted by Crippen LogP contribution is 2.32. The van der Waals surface area contributed by atoms with E-state index in [1.165, 1.54) is 0 Å². The van der Waals surface area contributed by atoms with Crippen LogP contribution >= 0.6 is 27.5 Å². The van der Waals surface area contributed by atoms with Crippen LogP contribution in [0.2, 0.25) is 5.15 Å². The lowest BCUT2D eigenvalue weighted by Crippen LogP contribution is -1.94. The molecular formula is C13H10BrClN4. The molecule has 2 heterocycles. The van der Waals surface area contributed by atoms with Gasteiger partial charge in [0.25, 0.3) is 0 Å². The molecular weight excluding hydrogens is 328 g/mol. The third-order valence-electron chi connectivity index (χ3n) is 2.84. The Morgan fingerprint density at radius 3 is 2.58 bits per heavy atom. The molecule has 0 radical (unpaired) electrons. The summed E-state index contributed by atoms with van der Waals surface area (Å²) in [5.74, 6) is 0. The van der Waals surface area contributed by atoms with Crippen molar-refractivity contribution in [1.82, 2.24) is 19.6 Å². The van der Waals surface area contributed by atoms with E-state index in [0.29, 0.717) is 5.15 Å². The summed E-state index contributed by atoms with van der Waals surface area (Å²) in [5, 5.41) is 8.98. The van der Waals surface area contributed by atoms with Gasteiger partial charge in [-0.25, -0.2) is 4.68 Å². The van der Waals surface area contributed by atoms with Crippen molar-refractivity contribution >= 4 is 27.5 Å². The van der Waals surface area contributed by atoms with Crippen molar-refractivity contribution in [2.45, 2.75) is 0 Å². The Morgan fingerprint density at radius 2 is 1.95 bits per heavy atom. The lowest BCUT2D eigenvalue weighted by Gasteiger charge is -2.00. The third-order valence-corrected chi connectivity index (χ3v) is 3.70. The largest absolute Gasteiger partial charge is 0.267 e. The Bertz CT molecular complexity index is 698. The second kappa shape index (κ2) is 4.83. The van der Waals surface area contributed by atoms with Crippen molar-refractivity contribution in [3.63, 3.8) is 0 Å². The van der Waals surface area contributed by atoms with Gasteiger partial charge in [-0.15, -0.1) is 0 Å². The molecule has 0 bridgehead atoms. The van der Waals surface area contributed by atoms with E-state index >= 15 is 0 Å². The molecule has 0 fully saturated rings. The zero-order chi connectivity index (χ0) is 13.4. The fourth-order valence-corrected chi connectivity index (χ4v) is 2.72. The maximum absolute atomic E-state index is 6.24. The van der Waals surface area contributed by atoms with Crippen molar-refractivity contribution < 1.29 is 0 Å². The number of benzene rings is 1. The zero-order valence-corrected chi connectivity index (χ0v) is 12.4. The first-order valence-corrected chi connectivity index (χ1v) is 6.82. The molecule has 3 aromatic rings.